The van der Waals surface area contributed by atoms with Crippen LogP contribution in [0.3, 0.4) is 0 Å². The van der Waals surface area contributed by atoms with E-state index >= 15 is 0 Å². The van der Waals surface area contributed by atoms with Gasteiger partial charge < -0.3 is 0 Å². The first kappa shape index (κ1) is 5.66. The fraction of sp³-hybridized carbons (Fsp3) is 0. The molecule has 1 rings (SSSR count). The van der Waals surface area contributed by atoms with Crippen LogP contribution in [0.1, 0.15) is 0 Å². The van der Waals surface area contributed by atoms with Gasteiger partial charge in [0.2, 0.25) is 0 Å². The standard InChI is InChI=1S/C2H3N3.Cu/c1-3-2-5-4-1;/h1-2H,(H,3,4,5);. The normalized spacial score (nSPS) is 6.67. The monoisotopic (exact) mass is 132 g/mol. The average molecular weight is 133 g/mol. The Balaban J connectivity index is 0.000000250. The molecule has 1 aromatic rings. The largest absolute Gasteiger partial charge is 0.266 e. The van der Waals surface area contributed by atoms with E-state index < -0.39 is 0 Å². The van der Waals surface area contributed by atoms with Crippen molar-refractivity contribution in [3.05, 3.63) is 12.7 Å². The van der Waals surface area contributed by atoms with Gasteiger partial charge in [0.25, 0.3) is 0 Å². The smallest absolute Gasteiger partial charge is 0.137 e. The maximum absolute atomic E-state index is 3.56. The average Bonchev–Trinajstić information content (AvgIpc) is 1.76. The molecule has 0 aliphatic carbocycles. The van der Waals surface area contributed by atoms with Crippen LogP contribution in [0.2, 0.25) is 0 Å². The number of hydrogen-bond donors (Lipinski definition) is 1. The second kappa shape index (κ2) is 2.87. The Hall–Kier alpha value is -0.341. The molecule has 0 amide bonds. The molecule has 37 valence electrons. The van der Waals surface area contributed by atoms with E-state index in [1.54, 1.807) is 0 Å². The number of aromatic amines is 1. The molecule has 1 heterocycles. The van der Waals surface area contributed by atoms with Crippen molar-refractivity contribution in [2.24, 2.45) is 0 Å². The van der Waals surface area contributed by atoms with Crippen molar-refractivity contribution in [1.29, 1.82) is 0 Å². The first-order valence-corrected chi connectivity index (χ1v) is 1.29. The van der Waals surface area contributed by atoms with E-state index in [-0.39, 0.29) is 17.1 Å². The molecule has 1 aromatic heterocycles. The van der Waals surface area contributed by atoms with Crippen molar-refractivity contribution in [1.82, 2.24) is 15.2 Å². The molecule has 0 aromatic carbocycles. The van der Waals surface area contributed by atoms with Gasteiger partial charge in [0, 0.05) is 17.1 Å². The molecule has 0 spiro atoms. The molecular weight excluding hydrogens is 130 g/mol. The maximum atomic E-state index is 3.56. The molecule has 0 atom stereocenters. The van der Waals surface area contributed by atoms with Gasteiger partial charge in [-0.15, -0.1) is 0 Å². The van der Waals surface area contributed by atoms with Crippen LogP contribution in [0.15, 0.2) is 12.7 Å². The first-order chi connectivity index (χ1) is 2.50. The number of aromatic nitrogens is 3. The SMILES string of the molecule is [Cu].c1nc[nH]n1. The molecule has 0 bridgehead atoms. The van der Waals surface area contributed by atoms with Crippen LogP contribution in [-0.2, 0) is 17.1 Å². The Morgan fingerprint density at radius 2 is 2.33 bits per heavy atom. The number of nitrogens with one attached hydrogen (secondary N) is 1. The van der Waals surface area contributed by atoms with Crippen molar-refractivity contribution in [2.45, 2.75) is 0 Å². The number of hydrogen-bond acceptors (Lipinski definition) is 2. The summed E-state index contributed by atoms with van der Waals surface area (Å²) in [6, 6.07) is 0. The number of H-pyrrole nitrogens is 1. The summed E-state index contributed by atoms with van der Waals surface area (Å²) in [7, 11) is 0. The summed E-state index contributed by atoms with van der Waals surface area (Å²) in [4.78, 5) is 3.56. The molecule has 0 aliphatic rings. The Morgan fingerprint density at radius 3 is 2.50 bits per heavy atom. The Kier molecular flexibility index (Phi) is 2.71. The molecule has 0 saturated carbocycles. The molecule has 0 fully saturated rings. The van der Waals surface area contributed by atoms with E-state index in [1.807, 2.05) is 0 Å². The van der Waals surface area contributed by atoms with Crippen LogP contribution in [0.25, 0.3) is 0 Å². The zero-order valence-electron chi connectivity index (χ0n) is 2.85. The fourth-order valence-electron chi connectivity index (χ4n) is 0.167. The number of nitrogens with zero attached hydrogens (tertiary/aromatic N) is 2. The van der Waals surface area contributed by atoms with Crippen molar-refractivity contribution >= 4 is 0 Å². The third kappa shape index (κ3) is 1.19. The van der Waals surface area contributed by atoms with Crippen LogP contribution in [0.4, 0.5) is 0 Å². The first-order valence-electron chi connectivity index (χ1n) is 1.29. The second-order valence-electron chi connectivity index (χ2n) is 0.652. The van der Waals surface area contributed by atoms with Gasteiger partial charge in [-0.25, -0.2) is 4.98 Å². The topological polar surface area (TPSA) is 41.6 Å². The summed E-state index contributed by atoms with van der Waals surface area (Å²) in [6.07, 6.45) is 2.96. The zero-order chi connectivity index (χ0) is 3.54. The van der Waals surface area contributed by atoms with Crippen molar-refractivity contribution in [3.8, 4) is 0 Å². The van der Waals surface area contributed by atoms with Crippen molar-refractivity contribution in [3.63, 3.8) is 0 Å². The molecule has 1 N–H and O–H groups in total. The van der Waals surface area contributed by atoms with Gasteiger partial charge in [0.05, 0.1) is 0 Å². The third-order valence-corrected chi connectivity index (χ3v) is 0.331. The summed E-state index contributed by atoms with van der Waals surface area (Å²) >= 11 is 0. The van der Waals surface area contributed by atoms with Crippen molar-refractivity contribution < 1.29 is 17.1 Å². The van der Waals surface area contributed by atoms with Crippen LogP contribution in [-0.4, -0.2) is 15.2 Å². The minimum atomic E-state index is 0. The van der Waals surface area contributed by atoms with E-state index in [9.17, 15) is 0 Å². The zero-order valence-corrected chi connectivity index (χ0v) is 3.79. The second-order valence-corrected chi connectivity index (χ2v) is 0.652. The summed E-state index contributed by atoms with van der Waals surface area (Å²) in [5.74, 6) is 0. The molecule has 1 radical (unpaired) electrons. The van der Waals surface area contributed by atoms with Crippen LogP contribution >= 0.6 is 0 Å². The van der Waals surface area contributed by atoms with E-state index in [2.05, 4.69) is 15.2 Å². The molecular formula is C2H3CuN3. The number of rotatable bonds is 0. The van der Waals surface area contributed by atoms with Crippen molar-refractivity contribution in [2.75, 3.05) is 0 Å². The van der Waals surface area contributed by atoms with Gasteiger partial charge in [0.15, 0.2) is 0 Å². The predicted molar refractivity (Wildman–Crippen MR) is 16.4 cm³/mol. The van der Waals surface area contributed by atoms with Crippen LogP contribution in [0, 0.1) is 0 Å². The molecule has 6 heavy (non-hydrogen) atoms. The van der Waals surface area contributed by atoms with Gasteiger partial charge in [-0.1, -0.05) is 0 Å². The molecule has 3 nitrogen and oxygen atoms in total. The molecule has 0 aliphatic heterocycles. The summed E-state index contributed by atoms with van der Waals surface area (Å²) in [6.45, 7) is 0. The Labute approximate surface area is 45.6 Å². The Bertz CT molecular complexity index is 65.3. The Morgan fingerprint density at radius 1 is 1.50 bits per heavy atom. The van der Waals surface area contributed by atoms with Gasteiger partial charge in [-0.3, -0.25) is 5.10 Å². The fourth-order valence-corrected chi connectivity index (χ4v) is 0.167. The predicted octanol–water partition coefficient (Wildman–Crippen LogP) is -0.198. The van der Waals surface area contributed by atoms with Gasteiger partial charge in [-0.05, 0) is 0 Å². The third-order valence-electron chi connectivity index (χ3n) is 0.331. The van der Waals surface area contributed by atoms with Crippen LogP contribution in [0.5, 0.6) is 0 Å². The molecule has 4 heteroatoms. The van der Waals surface area contributed by atoms with Gasteiger partial charge in [0.1, 0.15) is 12.7 Å². The van der Waals surface area contributed by atoms with E-state index in [0.717, 1.165) is 0 Å². The van der Waals surface area contributed by atoms with Gasteiger partial charge in [-0.2, -0.15) is 5.10 Å². The van der Waals surface area contributed by atoms with E-state index in [1.165, 1.54) is 12.7 Å². The van der Waals surface area contributed by atoms with E-state index in [4.69, 9.17) is 0 Å². The maximum Gasteiger partial charge on any atom is 0.137 e. The summed E-state index contributed by atoms with van der Waals surface area (Å²) < 4.78 is 0. The molecule has 0 unspecified atom stereocenters. The van der Waals surface area contributed by atoms with Gasteiger partial charge >= 0.3 is 0 Å². The van der Waals surface area contributed by atoms with Crippen LogP contribution < -0.4 is 0 Å². The minimum Gasteiger partial charge on any atom is -0.266 e. The quantitative estimate of drug-likeness (QED) is 0.497. The summed E-state index contributed by atoms with van der Waals surface area (Å²) in [5, 5.41) is 5.99. The van der Waals surface area contributed by atoms with E-state index in [0.29, 0.717) is 0 Å². The molecule has 0 saturated heterocycles. The minimum absolute atomic E-state index is 0. The summed E-state index contributed by atoms with van der Waals surface area (Å²) in [5.41, 5.74) is 0.